The first-order valence-electron chi connectivity index (χ1n) is 7.89. The molecule has 3 rings (SSSR count). The first-order chi connectivity index (χ1) is 10.2. The molecule has 1 aromatic carbocycles. The lowest BCUT2D eigenvalue weighted by Crippen LogP contribution is -2.11. The molecule has 0 spiro atoms. The number of rotatable bonds is 4. The maximum atomic E-state index is 4.52. The largest absolute Gasteiger partial charge is 0.369 e. The van der Waals surface area contributed by atoms with Gasteiger partial charge in [-0.3, -0.25) is 0 Å². The molecule has 1 aromatic heterocycles. The SMILES string of the molecule is CCNc1nnc(-c2ccccc2C2CCC2)c(C)c1C. The van der Waals surface area contributed by atoms with Crippen molar-refractivity contribution in [2.45, 2.75) is 46.0 Å². The van der Waals surface area contributed by atoms with Gasteiger partial charge in [0.25, 0.3) is 0 Å². The van der Waals surface area contributed by atoms with Crippen LogP contribution >= 0.6 is 0 Å². The summed E-state index contributed by atoms with van der Waals surface area (Å²) in [6.45, 7) is 7.22. The molecule has 2 aromatic rings. The van der Waals surface area contributed by atoms with Gasteiger partial charge in [-0.25, -0.2) is 0 Å². The lowest BCUT2D eigenvalue weighted by atomic mass is 9.77. The molecule has 110 valence electrons. The van der Waals surface area contributed by atoms with E-state index < -0.39 is 0 Å². The summed E-state index contributed by atoms with van der Waals surface area (Å²) in [4.78, 5) is 0. The van der Waals surface area contributed by atoms with E-state index in [4.69, 9.17) is 0 Å². The Morgan fingerprint density at radius 1 is 1.10 bits per heavy atom. The fourth-order valence-corrected chi connectivity index (χ4v) is 2.98. The molecule has 3 heteroatoms. The molecule has 0 unspecified atom stereocenters. The maximum Gasteiger partial charge on any atom is 0.151 e. The molecule has 3 nitrogen and oxygen atoms in total. The van der Waals surface area contributed by atoms with Crippen LogP contribution in [0, 0.1) is 13.8 Å². The van der Waals surface area contributed by atoms with Gasteiger partial charge in [-0.1, -0.05) is 30.7 Å². The zero-order chi connectivity index (χ0) is 14.8. The zero-order valence-electron chi connectivity index (χ0n) is 13.1. The van der Waals surface area contributed by atoms with E-state index in [0.29, 0.717) is 5.92 Å². The van der Waals surface area contributed by atoms with E-state index in [-0.39, 0.29) is 0 Å². The molecule has 1 aliphatic carbocycles. The molecule has 0 atom stereocenters. The van der Waals surface area contributed by atoms with Crippen LogP contribution in [0.15, 0.2) is 24.3 Å². The third-order valence-corrected chi connectivity index (χ3v) is 4.63. The van der Waals surface area contributed by atoms with Gasteiger partial charge >= 0.3 is 0 Å². The van der Waals surface area contributed by atoms with E-state index in [9.17, 15) is 0 Å². The standard InChI is InChI=1S/C18H23N3/c1-4-19-18-13(3)12(2)17(20-21-18)16-11-6-5-10-15(16)14-8-7-9-14/h5-6,10-11,14H,4,7-9H2,1-3H3,(H,19,21). The highest BCUT2D eigenvalue weighted by atomic mass is 15.2. The van der Waals surface area contributed by atoms with Crippen LogP contribution in [0.25, 0.3) is 11.3 Å². The summed E-state index contributed by atoms with van der Waals surface area (Å²) in [6, 6.07) is 8.69. The van der Waals surface area contributed by atoms with Crippen molar-refractivity contribution in [2.75, 3.05) is 11.9 Å². The summed E-state index contributed by atoms with van der Waals surface area (Å²) in [5.41, 5.74) is 6.17. The summed E-state index contributed by atoms with van der Waals surface area (Å²) >= 11 is 0. The van der Waals surface area contributed by atoms with Crippen LogP contribution < -0.4 is 5.32 Å². The van der Waals surface area contributed by atoms with Gasteiger partial charge in [0.1, 0.15) is 0 Å². The van der Waals surface area contributed by atoms with Crippen LogP contribution in [0.5, 0.6) is 0 Å². The average molecular weight is 281 g/mol. The van der Waals surface area contributed by atoms with Gasteiger partial charge in [-0.05, 0) is 56.2 Å². The van der Waals surface area contributed by atoms with E-state index >= 15 is 0 Å². The number of nitrogens with one attached hydrogen (secondary N) is 1. The van der Waals surface area contributed by atoms with Crippen LogP contribution in [-0.2, 0) is 0 Å². The predicted octanol–water partition coefficient (Wildman–Crippen LogP) is 4.46. The first-order valence-corrected chi connectivity index (χ1v) is 7.89. The highest BCUT2D eigenvalue weighted by Gasteiger charge is 2.23. The van der Waals surface area contributed by atoms with Gasteiger partial charge in [0.15, 0.2) is 5.82 Å². The van der Waals surface area contributed by atoms with Crippen molar-refractivity contribution < 1.29 is 0 Å². The van der Waals surface area contributed by atoms with E-state index in [0.717, 1.165) is 18.1 Å². The molecule has 1 N–H and O–H groups in total. The lowest BCUT2D eigenvalue weighted by Gasteiger charge is -2.28. The number of benzene rings is 1. The fraction of sp³-hybridized carbons (Fsp3) is 0.444. The number of hydrogen-bond donors (Lipinski definition) is 1. The summed E-state index contributed by atoms with van der Waals surface area (Å²) in [7, 11) is 0. The second kappa shape index (κ2) is 5.84. The molecule has 21 heavy (non-hydrogen) atoms. The second-order valence-corrected chi connectivity index (χ2v) is 5.89. The van der Waals surface area contributed by atoms with Crippen molar-refractivity contribution in [3.8, 4) is 11.3 Å². The van der Waals surface area contributed by atoms with Crippen molar-refractivity contribution in [3.63, 3.8) is 0 Å². The third-order valence-electron chi connectivity index (χ3n) is 4.63. The summed E-state index contributed by atoms with van der Waals surface area (Å²) < 4.78 is 0. The van der Waals surface area contributed by atoms with Gasteiger partial charge in [0.2, 0.25) is 0 Å². The predicted molar refractivity (Wildman–Crippen MR) is 87.7 cm³/mol. The summed E-state index contributed by atoms with van der Waals surface area (Å²) in [5.74, 6) is 1.61. The van der Waals surface area contributed by atoms with Crippen LogP contribution in [-0.4, -0.2) is 16.7 Å². The summed E-state index contributed by atoms with van der Waals surface area (Å²) in [5, 5.41) is 12.2. The molecule has 0 radical (unpaired) electrons. The van der Waals surface area contributed by atoms with Crippen LogP contribution in [0.2, 0.25) is 0 Å². The van der Waals surface area contributed by atoms with Gasteiger partial charge in [-0.2, -0.15) is 0 Å². The third kappa shape index (κ3) is 2.53. The van der Waals surface area contributed by atoms with Crippen molar-refractivity contribution in [2.24, 2.45) is 0 Å². The molecule has 1 fully saturated rings. The van der Waals surface area contributed by atoms with Crippen LogP contribution in [0.1, 0.15) is 48.8 Å². The Hall–Kier alpha value is -1.90. The van der Waals surface area contributed by atoms with Crippen molar-refractivity contribution in [1.82, 2.24) is 10.2 Å². The van der Waals surface area contributed by atoms with Crippen molar-refractivity contribution >= 4 is 5.82 Å². The number of hydrogen-bond acceptors (Lipinski definition) is 3. The van der Waals surface area contributed by atoms with Crippen LogP contribution in [0.3, 0.4) is 0 Å². The average Bonchev–Trinajstić information content (AvgIpc) is 2.44. The van der Waals surface area contributed by atoms with E-state index in [2.05, 4.69) is 60.6 Å². The molecule has 0 amide bonds. The van der Waals surface area contributed by atoms with Crippen molar-refractivity contribution in [3.05, 3.63) is 41.0 Å². The summed E-state index contributed by atoms with van der Waals surface area (Å²) in [6.07, 6.45) is 3.96. The van der Waals surface area contributed by atoms with Gasteiger partial charge in [0.05, 0.1) is 5.69 Å². The van der Waals surface area contributed by atoms with E-state index in [1.807, 2.05) is 0 Å². The molecule has 0 saturated heterocycles. The number of anilines is 1. The Morgan fingerprint density at radius 3 is 2.52 bits per heavy atom. The number of aromatic nitrogens is 2. The Labute approximate surface area is 126 Å². The molecular formula is C18H23N3. The molecule has 1 heterocycles. The van der Waals surface area contributed by atoms with E-state index in [1.165, 1.54) is 41.5 Å². The normalized spacial score (nSPS) is 14.8. The number of nitrogens with zero attached hydrogens (tertiary/aromatic N) is 2. The molecule has 1 saturated carbocycles. The quantitative estimate of drug-likeness (QED) is 0.899. The lowest BCUT2D eigenvalue weighted by molar-refractivity contribution is 0.420. The molecule has 0 bridgehead atoms. The zero-order valence-corrected chi connectivity index (χ0v) is 13.1. The van der Waals surface area contributed by atoms with E-state index in [1.54, 1.807) is 0 Å². The molecular weight excluding hydrogens is 258 g/mol. The Kier molecular flexibility index (Phi) is 3.91. The minimum atomic E-state index is 0.705. The Morgan fingerprint density at radius 2 is 1.86 bits per heavy atom. The van der Waals surface area contributed by atoms with Crippen molar-refractivity contribution in [1.29, 1.82) is 0 Å². The first kappa shape index (κ1) is 14.1. The minimum absolute atomic E-state index is 0.705. The fourth-order valence-electron chi connectivity index (χ4n) is 2.98. The highest BCUT2D eigenvalue weighted by Crippen LogP contribution is 2.41. The van der Waals surface area contributed by atoms with Gasteiger partial charge in [-0.15, -0.1) is 10.2 Å². The smallest absolute Gasteiger partial charge is 0.151 e. The molecule has 1 aliphatic rings. The maximum absolute atomic E-state index is 4.52. The van der Waals surface area contributed by atoms with Gasteiger partial charge in [0, 0.05) is 12.1 Å². The minimum Gasteiger partial charge on any atom is -0.369 e. The molecule has 0 aliphatic heterocycles. The Bertz CT molecular complexity index is 645. The highest BCUT2D eigenvalue weighted by molar-refractivity contribution is 5.70. The topological polar surface area (TPSA) is 37.8 Å². The monoisotopic (exact) mass is 281 g/mol. The Balaban J connectivity index is 2.07. The van der Waals surface area contributed by atoms with Crippen LogP contribution in [0.4, 0.5) is 5.82 Å². The second-order valence-electron chi connectivity index (χ2n) is 5.89. The van der Waals surface area contributed by atoms with Gasteiger partial charge < -0.3 is 5.32 Å².